The largest absolute Gasteiger partial charge is 0.312 e. The standard InChI is InChI=1S/C21H27N/c1-16-6-9-20(10-7-16)15-22-12-11-18(3)14-21-13-17(2)5-8-19(21)4/h5-10,13-14,22H,11-12,15H2,1-4H3/b18-14+. The van der Waals surface area contributed by atoms with Crippen LogP contribution in [0, 0.1) is 20.8 Å². The van der Waals surface area contributed by atoms with E-state index in [9.17, 15) is 0 Å². The van der Waals surface area contributed by atoms with Gasteiger partial charge in [0.1, 0.15) is 0 Å². The number of hydrogen-bond acceptors (Lipinski definition) is 1. The molecule has 2 aromatic rings. The quantitative estimate of drug-likeness (QED) is 0.722. The maximum Gasteiger partial charge on any atom is 0.0205 e. The van der Waals surface area contributed by atoms with E-state index in [1.807, 2.05) is 0 Å². The first-order chi connectivity index (χ1) is 10.5. The number of aryl methyl sites for hydroxylation is 3. The Balaban J connectivity index is 1.82. The number of rotatable bonds is 6. The molecule has 0 aliphatic heterocycles. The van der Waals surface area contributed by atoms with Crippen molar-refractivity contribution < 1.29 is 0 Å². The van der Waals surface area contributed by atoms with E-state index in [2.05, 4.69) is 81.6 Å². The van der Waals surface area contributed by atoms with Gasteiger partial charge in [0.15, 0.2) is 0 Å². The van der Waals surface area contributed by atoms with Gasteiger partial charge in [-0.05, 0) is 57.4 Å². The maximum absolute atomic E-state index is 3.52. The first kappa shape index (κ1) is 16.5. The topological polar surface area (TPSA) is 12.0 Å². The van der Waals surface area contributed by atoms with Gasteiger partial charge in [-0.15, -0.1) is 0 Å². The van der Waals surface area contributed by atoms with Crippen LogP contribution in [-0.4, -0.2) is 6.54 Å². The lowest BCUT2D eigenvalue weighted by atomic mass is 10.0. The molecule has 0 heterocycles. The van der Waals surface area contributed by atoms with Gasteiger partial charge in [-0.3, -0.25) is 0 Å². The molecule has 1 heteroatoms. The molecule has 0 saturated heterocycles. The lowest BCUT2D eigenvalue weighted by Gasteiger charge is -2.07. The van der Waals surface area contributed by atoms with E-state index in [4.69, 9.17) is 0 Å². The van der Waals surface area contributed by atoms with Crippen LogP contribution in [0.4, 0.5) is 0 Å². The average molecular weight is 293 g/mol. The van der Waals surface area contributed by atoms with Crippen molar-refractivity contribution in [2.45, 2.75) is 40.7 Å². The van der Waals surface area contributed by atoms with Gasteiger partial charge < -0.3 is 5.32 Å². The van der Waals surface area contributed by atoms with Gasteiger partial charge in [-0.25, -0.2) is 0 Å². The molecule has 0 aromatic heterocycles. The summed E-state index contributed by atoms with van der Waals surface area (Å²) in [4.78, 5) is 0. The van der Waals surface area contributed by atoms with Crippen LogP contribution in [0.2, 0.25) is 0 Å². The Hall–Kier alpha value is -1.86. The second kappa shape index (κ2) is 7.95. The highest BCUT2D eigenvalue weighted by Crippen LogP contribution is 2.15. The van der Waals surface area contributed by atoms with E-state index in [1.165, 1.54) is 33.4 Å². The molecule has 116 valence electrons. The van der Waals surface area contributed by atoms with Gasteiger partial charge in [0, 0.05) is 6.54 Å². The Morgan fingerprint density at radius 2 is 1.64 bits per heavy atom. The van der Waals surface area contributed by atoms with Crippen molar-refractivity contribution in [2.24, 2.45) is 0 Å². The Kier molecular flexibility index (Phi) is 5.97. The monoisotopic (exact) mass is 293 g/mol. The van der Waals surface area contributed by atoms with Crippen molar-refractivity contribution in [1.82, 2.24) is 5.32 Å². The highest BCUT2D eigenvalue weighted by Gasteiger charge is 1.98. The zero-order valence-corrected chi connectivity index (χ0v) is 14.2. The number of nitrogens with one attached hydrogen (secondary N) is 1. The molecular formula is C21H27N. The second-order valence-corrected chi connectivity index (χ2v) is 6.26. The van der Waals surface area contributed by atoms with Gasteiger partial charge in [0.25, 0.3) is 0 Å². The van der Waals surface area contributed by atoms with Crippen LogP contribution in [-0.2, 0) is 6.54 Å². The lowest BCUT2D eigenvalue weighted by molar-refractivity contribution is 0.685. The molecule has 0 unspecified atom stereocenters. The normalized spacial score (nSPS) is 11.7. The predicted octanol–water partition coefficient (Wildman–Crippen LogP) is 5.20. The Morgan fingerprint density at radius 3 is 2.36 bits per heavy atom. The van der Waals surface area contributed by atoms with Crippen LogP contribution < -0.4 is 5.32 Å². The summed E-state index contributed by atoms with van der Waals surface area (Å²) in [5, 5.41) is 3.52. The Labute approximate surface area is 135 Å². The second-order valence-electron chi connectivity index (χ2n) is 6.26. The van der Waals surface area contributed by atoms with Crippen molar-refractivity contribution in [1.29, 1.82) is 0 Å². The summed E-state index contributed by atoms with van der Waals surface area (Å²) in [6.45, 7) is 10.6. The number of benzene rings is 2. The summed E-state index contributed by atoms with van der Waals surface area (Å²) in [6.07, 6.45) is 3.40. The maximum atomic E-state index is 3.52. The molecule has 2 aromatic carbocycles. The molecule has 1 N–H and O–H groups in total. The van der Waals surface area contributed by atoms with Gasteiger partial charge in [0.05, 0.1) is 0 Å². The van der Waals surface area contributed by atoms with Gasteiger partial charge in [-0.2, -0.15) is 0 Å². The zero-order valence-electron chi connectivity index (χ0n) is 14.2. The summed E-state index contributed by atoms with van der Waals surface area (Å²) in [5.74, 6) is 0. The highest BCUT2D eigenvalue weighted by molar-refractivity contribution is 5.57. The third kappa shape index (κ3) is 5.16. The van der Waals surface area contributed by atoms with Crippen molar-refractivity contribution >= 4 is 6.08 Å². The van der Waals surface area contributed by atoms with Crippen LogP contribution in [0.1, 0.15) is 41.2 Å². The molecule has 0 spiro atoms. The van der Waals surface area contributed by atoms with E-state index in [0.29, 0.717) is 0 Å². The molecule has 0 bridgehead atoms. The van der Waals surface area contributed by atoms with Crippen molar-refractivity contribution in [3.05, 3.63) is 75.9 Å². The molecule has 0 amide bonds. The van der Waals surface area contributed by atoms with Crippen LogP contribution in [0.3, 0.4) is 0 Å². The average Bonchev–Trinajstić information content (AvgIpc) is 2.49. The van der Waals surface area contributed by atoms with Crippen molar-refractivity contribution in [2.75, 3.05) is 6.54 Å². The minimum atomic E-state index is 0.942. The third-order valence-electron chi connectivity index (χ3n) is 3.98. The molecule has 1 nitrogen and oxygen atoms in total. The molecule has 0 fully saturated rings. The van der Waals surface area contributed by atoms with Gasteiger partial charge in [-0.1, -0.05) is 65.2 Å². The smallest absolute Gasteiger partial charge is 0.0205 e. The molecule has 0 aliphatic rings. The fraction of sp³-hybridized carbons (Fsp3) is 0.333. The summed E-state index contributed by atoms with van der Waals surface area (Å²) < 4.78 is 0. The zero-order chi connectivity index (χ0) is 15.9. The van der Waals surface area contributed by atoms with Crippen LogP contribution in [0.25, 0.3) is 6.08 Å². The SMILES string of the molecule is C/C(=C\c1cc(C)ccc1C)CCNCc1ccc(C)cc1. The first-order valence-corrected chi connectivity index (χ1v) is 8.05. The fourth-order valence-corrected chi connectivity index (χ4v) is 2.48. The van der Waals surface area contributed by atoms with E-state index < -0.39 is 0 Å². The summed E-state index contributed by atoms with van der Waals surface area (Å²) >= 11 is 0. The van der Waals surface area contributed by atoms with Crippen LogP contribution >= 0.6 is 0 Å². The molecule has 0 saturated carbocycles. The third-order valence-corrected chi connectivity index (χ3v) is 3.98. The Morgan fingerprint density at radius 1 is 0.955 bits per heavy atom. The fourth-order valence-electron chi connectivity index (χ4n) is 2.48. The minimum Gasteiger partial charge on any atom is -0.312 e. The van der Waals surface area contributed by atoms with Gasteiger partial charge in [0.2, 0.25) is 0 Å². The molecular weight excluding hydrogens is 266 g/mol. The van der Waals surface area contributed by atoms with Crippen LogP contribution in [0.5, 0.6) is 0 Å². The molecule has 22 heavy (non-hydrogen) atoms. The number of hydrogen-bond donors (Lipinski definition) is 1. The van der Waals surface area contributed by atoms with Crippen molar-refractivity contribution in [3.8, 4) is 0 Å². The summed E-state index contributed by atoms with van der Waals surface area (Å²) in [5.41, 5.74) is 8.10. The molecule has 2 rings (SSSR count). The molecule has 0 radical (unpaired) electrons. The Bertz CT molecular complexity index is 635. The predicted molar refractivity (Wildman–Crippen MR) is 97.1 cm³/mol. The van der Waals surface area contributed by atoms with Gasteiger partial charge >= 0.3 is 0 Å². The first-order valence-electron chi connectivity index (χ1n) is 8.05. The van der Waals surface area contributed by atoms with Crippen LogP contribution in [0.15, 0.2) is 48.0 Å². The van der Waals surface area contributed by atoms with E-state index in [1.54, 1.807) is 0 Å². The lowest BCUT2D eigenvalue weighted by Crippen LogP contribution is -2.14. The molecule has 0 atom stereocenters. The highest BCUT2D eigenvalue weighted by atomic mass is 14.8. The van der Waals surface area contributed by atoms with Crippen molar-refractivity contribution in [3.63, 3.8) is 0 Å². The minimum absolute atomic E-state index is 0.942. The van der Waals surface area contributed by atoms with E-state index in [-0.39, 0.29) is 0 Å². The van der Waals surface area contributed by atoms with E-state index in [0.717, 1.165) is 19.5 Å². The van der Waals surface area contributed by atoms with E-state index >= 15 is 0 Å². The summed E-state index contributed by atoms with van der Waals surface area (Å²) in [6, 6.07) is 15.4. The molecule has 0 aliphatic carbocycles. The summed E-state index contributed by atoms with van der Waals surface area (Å²) in [7, 11) is 0.